The highest BCUT2D eigenvalue weighted by atomic mass is 16.2. The van der Waals surface area contributed by atoms with Crippen molar-refractivity contribution in [2.24, 2.45) is 0 Å². The summed E-state index contributed by atoms with van der Waals surface area (Å²) in [5.41, 5.74) is 1.91. The third-order valence-electron chi connectivity index (χ3n) is 3.57. The van der Waals surface area contributed by atoms with Crippen molar-refractivity contribution in [2.45, 2.75) is 0 Å². The molecular weight excluding hydrogens is 334 g/mol. The van der Waals surface area contributed by atoms with E-state index >= 15 is 0 Å². The lowest BCUT2D eigenvalue weighted by Gasteiger charge is -2.08. The van der Waals surface area contributed by atoms with Gasteiger partial charge in [-0.3, -0.25) is 15.5 Å². The molecule has 0 aliphatic heterocycles. The zero-order chi connectivity index (χ0) is 18.5. The van der Waals surface area contributed by atoms with Crippen molar-refractivity contribution in [1.82, 2.24) is 15.3 Å². The second-order valence-electron chi connectivity index (χ2n) is 5.32. The maximum atomic E-state index is 12.8. The molecule has 0 aliphatic rings. The Bertz CT molecular complexity index is 1020. The van der Waals surface area contributed by atoms with Crippen LogP contribution in [0.1, 0.15) is 15.9 Å². The van der Waals surface area contributed by atoms with E-state index in [1.54, 1.807) is 42.7 Å². The van der Waals surface area contributed by atoms with Crippen LogP contribution in [0.2, 0.25) is 0 Å². The average molecular weight is 349 g/mol. The average Bonchev–Trinajstić information content (AvgIpc) is 3.05. The fourth-order valence-electron chi connectivity index (χ4n) is 2.44. The third-order valence-corrected chi connectivity index (χ3v) is 3.57. The van der Waals surface area contributed by atoms with E-state index in [1.165, 1.54) is 0 Å². The van der Waals surface area contributed by atoms with Crippen LogP contribution in [0.5, 0.6) is 0 Å². The van der Waals surface area contributed by atoms with Crippen molar-refractivity contribution in [3.05, 3.63) is 72.3 Å². The first-order valence-electron chi connectivity index (χ1n) is 7.62. The molecule has 1 aromatic carbocycles. The Kier molecular flexibility index (Phi) is 4.75. The molecule has 2 heterocycles. The number of carbonyl (C=O) groups excluding carboxylic acids is 2. The second kappa shape index (κ2) is 7.31. The van der Waals surface area contributed by atoms with Gasteiger partial charge in [-0.05, 0) is 24.3 Å². The van der Waals surface area contributed by atoms with E-state index in [0.717, 1.165) is 11.5 Å². The van der Waals surface area contributed by atoms with Crippen molar-refractivity contribution in [2.75, 3.05) is 5.32 Å². The lowest BCUT2D eigenvalue weighted by molar-refractivity contribution is 0.104. The minimum Gasteiger partial charge on any atom is -0.515 e. The predicted molar refractivity (Wildman–Crippen MR) is 97.6 cm³/mol. The summed E-state index contributed by atoms with van der Waals surface area (Å²) in [6.45, 7) is 0. The first-order chi connectivity index (χ1) is 12.6. The van der Waals surface area contributed by atoms with Crippen LogP contribution in [0.3, 0.4) is 0 Å². The summed E-state index contributed by atoms with van der Waals surface area (Å²) in [6.07, 6.45) is 4.91. The maximum absolute atomic E-state index is 12.8. The largest absolute Gasteiger partial charge is 0.515 e. The normalized spacial score (nSPS) is 10.8. The third kappa shape index (κ3) is 3.59. The summed E-state index contributed by atoms with van der Waals surface area (Å²) in [5.74, 6) is -0.479. The number of amides is 2. The number of ketones is 1. The van der Waals surface area contributed by atoms with Crippen molar-refractivity contribution in [3.63, 3.8) is 0 Å². The minimum atomic E-state index is -0.658. The topological polar surface area (TPSA) is 131 Å². The first kappa shape index (κ1) is 16.9. The van der Waals surface area contributed by atoms with Crippen LogP contribution < -0.4 is 10.6 Å². The number of aliphatic hydroxyl groups is 1. The molecule has 8 heteroatoms. The molecule has 5 N–H and O–H groups in total. The van der Waals surface area contributed by atoms with Gasteiger partial charge in [-0.1, -0.05) is 12.1 Å². The molecule has 26 heavy (non-hydrogen) atoms. The molecule has 0 bridgehead atoms. The van der Waals surface area contributed by atoms with Crippen molar-refractivity contribution in [3.8, 4) is 0 Å². The molecular formula is C18H15N5O3. The van der Waals surface area contributed by atoms with Gasteiger partial charge in [0.2, 0.25) is 0 Å². The molecule has 0 saturated carbocycles. The number of nitrogens with one attached hydrogen (secondary N) is 4. The Morgan fingerprint density at radius 2 is 2.08 bits per heavy atom. The fourth-order valence-corrected chi connectivity index (χ4v) is 2.44. The van der Waals surface area contributed by atoms with Gasteiger partial charge in [-0.2, -0.15) is 0 Å². The molecule has 8 nitrogen and oxygen atoms in total. The summed E-state index contributed by atoms with van der Waals surface area (Å²) in [7, 11) is 0. The molecule has 0 aliphatic carbocycles. The number of hydrogen-bond donors (Lipinski definition) is 5. The van der Waals surface area contributed by atoms with Gasteiger partial charge in [-0.15, -0.1) is 0 Å². The SMILES string of the molecule is N=C(/C=C\O)NC(=O)Nc1cccc(C(=O)c2c[nH]c3ncccc23)c1. The van der Waals surface area contributed by atoms with E-state index < -0.39 is 6.03 Å². The minimum absolute atomic E-state index is 0.204. The number of nitrogens with zero attached hydrogens (tertiary/aromatic N) is 1. The quantitative estimate of drug-likeness (QED) is 0.214. The number of H-pyrrole nitrogens is 1. The number of urea groups is 1. The monoisotopic (exact) mass is 349 g/mol. The maximum Gasteiger partial charge on any atom is 0.324 e. The summed E-state index contributed by atoms with van der Waals surface area (Å²) < 4.78 is 0. The number of pyridine rings is 1. The van der Waals surface area contributed by atoms with Crippen molar-refractivity contribution < 1.29 is 14.7 Å². The zero-order valence-corrected chi connectivity index (χ0v) is 13.5. The Morgan fingerprint density at radius 1 is 1.23 bits per heavy atom. The van der Waals surface area contributed by atoms with Crippen LogP contribution in [0.25, 0.3) is 11.0 Å². The van der Waals surface area contributed by atoms with Crippen LogP contribution in [0.4, 0.5) is 10.5 Å². The lowest BCUT2D eigenvalue weighted by Crippen LogP contribution is -2.32. The van der Waals surface area contributed by atoms with E-state index in [-0.39, 0.29) is 11.6 Å². The fraction of sp³-hybridized carbons (Fsp3) is 0. The molecule has 0 atom stereocenters. The van der Waals surface area contributed by atoms with Gasteiger partial charge < -0.3 is 15.4 Å². The van der Waals surface area contributed by atoms with Crippen LogP contribution in [0.15, 0.2) is 61.1 Å². The van der Waals surface area contributed by atoms with Crippen LogP contribution >= 0.6 is 0 Å². The highest BCUT2D eigenvalue weighted by Crippen LogP contribution is 2.21. The van der Waals surface area contributed by atoms with Crippen LogP contribution in [-0.4, -0.2) is 32.7 Å². The summed E-state index contributed by atoms with van der Waals surface area (Å²) in [5, 5.41) is 21.4. The van der Waals surface area contributed by atoms with Crippen LogP contribution in [0, 0.1) is 5.41 Å². The Balaban J connectivity index is 1.80. The standard InChI is InChI=1S/C18H15N5O3/c19-15(6-8-24)23-18(26)22-12-4-1-3-11(9-12)16(25)14-10-21-17-13(14)5-2-7-20-17/h1-10,24H,(H,20,21)(H3,19,22,23,26)/b8-6-. The Labute approximate surface area is 148 Å². The smallest absolute Gasteiger partial charge is 0.324 e. The number of aromatic amines is 1. The van der Waals surface area contributed by atoms with Gasteiger partial charge in [0, 0.05) is 40.7 Å². The number of aliphatic hydroxyl groups excluding tert-OH is 1. The van der Waals surface area contributed by atoms with E-state index in [1.807, 2.05) is 6.07 Å². The first-order valence-corrected chi connectivity index (χ1v) is 7.62. The summed E-state index contributed by atoms with van der Waals surface area (Å²) in [6, 6.07) is 9.37. The van der Waals surface area contributed by atoms with E-state index in [9.17, 15) is 9.59 Å². The zero-order valence-electron chi connectivity index (χ0n) is 13.5. The van der Waals surface area contributed by atoms with Crippen LogP contribution in [-0.2, 0) is 0 Å². The summed E-state index contributed by atoms with van der Waals surface area (Å²) >= 11 is 0. The molecule has 0 radical (unpaired) electrons. The lowest BCUT2D eigenvalue weighted by atomic mass is 10.0. The van der Waals surface area contributed by atoms with Gasteiger partial charge >= 0.3 is 6.03 Å². The predicted octanol–water partition coefficient (Wildman–Crippen LogP) is 2.96. The van der Waals surface area contributed by atoms with Gasteiger partial charge in [-0.25, -0.2) is 9.78 Å². The van der Waals surface area contributed by atoms with Gasteiger partial charge in [0.15, 0.2) is 5.78 Å². The molecule has 0 unspecified atom stereocenters. The molecule has 3 aromatic rings. The molecule has 3 rings (SSSR count). The van der Waals surface area contributed by atoms with Gasteiger partial charge in [0.05, 0.1) is 6.26 Å². The molecule has 130 valence electrons. The Morgan fingerprint density at radius 3 is 2.88 bits per heavy atom. The second-order valence-corrected chi connectivity index (χ2v) is 5.32. The van der Waals surface area contributed by atoms with E-state index in [0.29, 0.717) is 28.7 Å². The van der Waals surface area contributed by atoms with Gasteiger partial charge in [0.1, 0.15) is 11.5 Å². The molecule has 0 saturated heterocycles. The Hall–Kier alpha value is -3.94. The number of fused-ring (bicyclic) bond motifs is 1. The number of benzene rings is 1. The number of carbonyl (C=O) groups is 2. The number of anilines is 1. The van der Waals surface area contributed by atoms with Crippen molar-refractivity contribution >= 4 is 34.4 Å². The van der Waals surface area contributed by atoms with Gasteiger partial charge in [0.25, 0.3) is 0 Å². The number of aromatic nitrogens is 2. The highest BCUT2D eigenvalue weighted by Gasteiger charge is 2.15. The number of hydrogen-bond acceptors (Lipinski definition) is 5. The highest BCUT2D eigenvalue weighted by molar-refractivity contribution is 6.16. The molecule has 0 spiro atoms. The van der Waals surface area contributed by atoms with Crippen molar-refractivity contribution in [1.29, 1.82) is 5.41 Å². The molecule has 0 fully saturated rings. The summed E-state index contributed by atoms with van der Waals surface area (Å²) in [4.78, 5) is 31.7. The number of rotatable bonds is 4. The number of amidine groups is 1. The van der Waals surface area contributed by atoms with E-state index in [4.69, 9.17) is 10.5 Å². The molecule has 2 aromatic heterocycles. The van der Waals surface area contributed by atoms with E-state index in [2.05, 4.69) is 20.6 Å². The molecule has 2 amide bonds.